The van der Waals surface area contributed by atoms with Crippen molar-refractivity contribution in [2.45, 2.75) is 26.7 Å². The van der Waals surface area contributed by atoms with Crippen molar-refractivity contribution in [1.82, 2.24) is 15.2 Å². The van der Waals surface area contributed by atoms with Gasteiger partial charge in [0.2, 0.25) is 5.95 Å². The van der Waals surface area contributed by atoms with Crippen LogP contribution in [-0.2, 0) is 0 Å². The molecule has 0 bridgehead atoms. The summed E-state index contributed by atoms with van der Waals surface area (Å²) in [7, 11) is 1.60. The molecule has 0 atom stereocenters. The first-order valence-electron chi connectivity index (χ1n) is 7.18. The van der Waals surface area contributed by atoms with E-state index in [9.17, 15) is 0 Å². The smallest absolute Gasteiger partial charge is 0.244 e. The molecule has 0 aliphatic heterocycles. The third-order valence-electron chi connectivity index (χ3n) is 3.12. The van der Waals surface area contributed by atoms with Gasteiger partial charge in [0.05, 0.1) is 19.0 Å². The lowest BCUT2D eigenvalue weighted by molar-refractivity contribution is 0.416. The molecular weight excluding hydrogens is 302 g/mol. The van der Waals surface area contributed by atoms with E-state index in [0.717, 1.165) is 30.6 Å². The molecule has 0 aliphatic rings. The zero-order valence-corrected chi connectivity index (χ0v) is 13.7. The van der Waals surface area contributed by atoms with Gasteiger partial charge in [-0.2, -0.15) is 10.1 Å². The van der Waals surface area contributed by atoms with Gasteiger partial charge < -0.3 is 15.4 Å². The predicted molar refractivity (Wildman–Crippen MR) is 89.2 cm³/mol. The predicted octanol–water partition coefficient (Wildman–Crippen LogP) is 3.80. The molecule has 118 valence electrons. The van der Waals surface area contributed by atoms with Crippen LogP contribution in [0.5, 0.6) is 5.75 Å². The van der Waals surface area contributed by atoms with Crippen molar-refractivity contribution in [3.05, 3.63) is 28.9 Å². The van der Waals surface area contributed by atoms with Gasteiger partial charge in [-0.15, -0.1) is 5.10 Å². The van der Waals surface area contributed by atoms with Crippen LogP contribution in [0.3, 0.4) is 0 Å². The molecule has 0 amide bonds. The number of benzene rings is 1. The van der Waals surface area contributed by atoms with E-state index in [-0.39, 0.29) is 0 Å². The summed E-state index contributed by atoms with van der Waals surface area (Å²) in [5.41, 5.74) is 1.73. The van der Waals surface area contributed by atoms with Gasteiger partial charge in [0, 0.05) is 17.6 Å². The van der Waals surface area contributed by atoms with Crippen molar-refractivity contribution in [2.24, 2.45) is 0 Å². The Bertz CT molecular complexity index is 635. The van der Waals surface area contributed by atoms with Crippen LogP contribution in [0.25, 0.3) is 0 Å². The quantitative estimate of drug-likeness (QED) is 0.756. The zero-order chi connectivity index (χ0) is 15.9. The Kier molecular flexibility index (Phi) is 5.77. The molecule has 0 aliphatic carbocycles. The van der Waals surface area contributed by atoms with Crippen LogP contribution in [-0.4, -0.2) is 28.8 Å². The van der Waals surface area contributed by atoms with Gasteiger partial charge in [0.1, 0.15) is 5.75 Å². The third kappa shape index (κ3) is 4.21. The standard InChI is InChI=1S/C15H20ClN5O/c1-4-5-6-17-15-20-14(9-18-21-15)19-12-7-10(2)11(16)8-13(12)22-3/h7-9H,4-6H2,1-3H3,(H2,17,19,20,21). The van der Waals surface area contributed by atoms with Crippen molar-refractivity contribution in [1.29, 1.82) is 0 Å². The molecule has 1 aromatic heterocycles. The summed E-state index contributed by atoms with van der Waals surface area (Å²) in [6, 6.07) is 3.68. The number of hydrogen-bond donors (Lipinski definition) is 2. The summed E-state index contributed by atoms with van der Waals surface area (Å²) in [5.74, 6) is 1.74. The highest BCUT2D eigenvalue weighted by Crippen LogP contribution is 2.32. The fourth-order valence-electron chi connectivity index (χ4n) is 1.88. The summed E-state index contributed by atoms with van der Waals surface area (Å²) in [4.78, 5) is 4.38. The summed E-state index contributed by atoms with van der Waals surface area (Å²) in [5, 5.41) is 14.9. The van der Waals surface area contributed by atoms with Gasteiger partial charge in [0.15, 0.2) is 5.82 Å². The van der Waals surface area contributed by atoms with Crippen LogP contribution in [0.4, 0.5) is 17.5 Å². The number of methoxy groups -OCH3 is 1. The molecular formula is C15H20ClN5O. The Balaban J connectivity index is 2.16. The average molecular weight is 322 g/mol. The Labute approximate surface area is 135 Å². The van der Waals surface area contributed by atoms with Crippen molar-refractivity contribution < 1.29 is 4.74 Å². The van der Waals surface area contributed by atoms with Crippen molar-refractivity contribution >= 4 is 29.1 Å². The van der Waals surface area contributed by atoms with E-state index >= 15 is 0 Å². The van der Waals surface area contributed by atoms with E-state index in [0.29, 0.717) is 22.5 Å². The lowest BCUT2D eigenvalue weighted by Crippen LogP contribution is -2.07. The van der Waals surface area contributed by atoms with Crippen LogP contribution in [0, 0.1) is 6.92 Å². The van der Waals surface area contributed by atoms with Crippen LogP contribution in [0.1, 0.15) is 25.3 Å². The summed E-state index contributed by atoms with van der Waals surface area (Å²) >= 11 is 6.11. The number of aryl methyl sites for hydroxylation is 1. The van der Waals surface area contributed by atoms with E-state index in [4.69, 9.17) is 16.3 Å². The van der Waals surface area contributed by atoms with Gasteiger partial charge in [-0.3, -0.25) is 0 Å². The second kappa shape index (κ2) is 7.79. The van der Waals surface area contributed by atoms with Gasteiger partial charge in [-0.05, 0) is 25.0 Å². The van der Waals surface area contributed by atoms with E-state index in [2.05, 4.69) is 32.7 Å². The van der Waals surface area contributed by atoms with Crippen LogP contribution < -0.4 is 15.4 Å². The largest absolute Gasteiger partial charge is 0.495 e. The highest BCUT2D eigenvalue weighted by Gasteiger charge is 2.09. The maximum absolute atomic E-state index is 6.11. The highest BCUT2D eigenvalue weighted by atomic mass is 35.5. The SMILES string of the molecule is CCCCNc1nncc(Nc2cc(C)c(Cl)cc2OC)n1. The second-order valence-electron chi connectivity index (χ2n) is 4.87. The average Bonchev–Trinajstić information content (AvgIpc) is 2.51. The number of nitrogens with zero attached hydrogens (tertiary/aromatic N) is 3. The molecule has 0 saturated carbocycles. The molecule has 2 aromatic rings. The topological polar surface area (TPSA) is 72.0 Å². The lowest BCUT2D eigenvalue weighted by Gasteiger charge is -2.13. The molecule has 2 rings (SSSR count). The fourth-order valence-corrected chi connectivity index (χ4v) is 2.04. The molecule has 7 heteroatoms. The van der Waals surface area contributed by atoms with Gasteiger partial charge in [-0.1, -0.05) is 24.9 Å². The van der Waals surface area contributed by atoms with Crippen molar-refractivity contribution in [3.8, 4) is 5.75 Å². The monoisotopic (exact) mass is 321 g/mol. The third-order valence-corrected chi connectivity index (χ3v) is 3.52. The Morgan fingerprint density at radius 1 is 1.32 bits per heavy atom. The number of rotatable bonds is 7. The number of halogens is 1. The zero-order valence-electron chi connectivity index (χ0n) is 13.0. The first-order valence-corrected chi connectivity index (χ1v) is 7.56. The molecule has 0 fully saturated rings. The summed E-state index contributed by atoms with van der Waals surface area (Å²) < 4.78 is 5.34. The Morgan fingerprint density at radius 2 is 2.14 bits per heavy atom. The van der Waals surface area contributed by atoms with Crippen molar-refractivity contribution in [3.63, 3.8) is 0 Å². The fraction of sp³-hybridized carbons (Fsp3) is 0.400. The molecule has 0 radical (unpaired) electrons. The van der Waals surface area contributed by atoms with Crippen LogP contribution in [0.15, 0.2) is 18.3 Å². The van der Waals surface area contributed by atoms with Crippen molar-refractivity contribution in [2.75, 3.05) is 24.3 Å². The molecule has 1 aromatic carbocycles. The molecule has 2 N–H and O–H groups in total. The first kappa shape index (κ1) is 16.3. The number of hydrogen-bond acceptors (Lipinski definition) is 6. The molecule has 22 heavy (non-hydrogen) atoms. The van der Waals surface area contributed by atoms with E-state index in [1.807, 2.05) is 13.0 Å². The lowest BCUT2D eigenvalue weighted by atomic mass is 10.2. The maximum atomic E-state index is 6.11. The minimum Gasteiger partial charge on any atom is -0.495 e. The van der Waals surface area contributed by atoms with E-state index in [1.54, 1.807) is 19.4 Å². The van der Waals surface area contributed by atoms with E-state index in [1.165, 1.54) is 0 Å². The highest BCUT2D eigenvalue weighted by molar-refractivity contribution is 6.31. The van der Waals surface area contributed by atoms with E-state index < -0.39 is 0 Å². The van der Waals surface area contributed by atoms with Gasteiger partial charge >= 0.3 is 0 Å². The molecule has 1 heterocycles. The molecule has 6 nitrogen and oxygen atoms in total. The second-order valence-corrected chi connectivity index (χ2v) is 5.28. The Morgan fingerprint density at radius 3 is 2.86 bits per heavy atom. The number of nitrogens with one attached hydrogen (secondary N) is 2. The summed E-state index contributed by atoms with van der Waals surface area (Å²) in [6.45, 7) is 4.89. The normalized spacial score (nSPS) is 10.4. The minimum atomic E-state index is 0.503. The number of unbranched alkanes of at least 4 members (excludes halogenated alkanes) is 1. The molecule has 0 spiro atoms. The number of anilines is 3. The first-order chi connectivity index (χ1) is 10.6. The summed E-state index contributed by atoms with van der Waals surface area (Å²) in [6.07, 6.45) is 3.74. The Hall–Kier alpha value is -2.08. The number of aromatic nitrogens is 3. The molecule has 0 unspecified atom stereocenters. The van der Waals surface area contributed by atoms with Gasteiger partial charge in [0.25, 0.3) is 0 Å². The maximum Gasteiger partial charge on any atom is 0.244 e. The van der Waals surface area contributed by atoms with Gasteiger partial charge in [-0.25, -0.2) is 0 Å². The van der Waals surface area contributed by atoms with Crippen LogP contribution >= 0.6 is 11.6 Å². The number of ether oxygens (including phenoxy) is 1. The minimum absolute atomic E-state index is 0.503. The molecule has 0 saturated heterocycles. The van der Waals surface area contributed by atoms with Crippen LogP contribution in [0.2, 0.25) is 5.02 Å².